The summed E-state index contributed by atoms with van der Waals surface area (Å²) in [6.45, 7) is 0.832. The molecule has 6 nitrogen and oxygen atoms in total. The fourth-order valence-electron chi connectivity index (χ4n) is 4.01. The summed E-state index contributed by atoms with van der Waals surface area (Å²) in [7, 11) is 0. The van der Waals surface area contributed by atoms with Crippen molar-refractivity contribution in [1.82, 2.24) is 10.2 Å². The summed E-state index contributed by atoms with van der Waals surface area (Å²) in [5.41, 5.74) is 0.227. The van der Waals surface area contributed by atoms with Crippen LogP contribution < -0.4 is 5.32 Å². The molecule has 2 aromatic rings. The first-order chi connectivity index (χ1) is 13.5. The number of rotatable bonds is 7. The van der Waals surface area contributed by atoms with Crippen molar-refractivity contribution in [3.8, 4) is 0 Å². The van der Waals surface area contributed by atoms with Crippen molar-refractivity contribution in [3.63, 3.8) is 0 Å². The number of nitrogens with one attached hydrogen (secondary N) is 1. The van der Waals surface area contributed by atoms with Crippen LogP contribution in [-0.4, -0.2) is 46.2 Å². The molecular weight excluding hydrogens is 356 g/mol. The van der Waals surface area contributed by atoms with E-state index in [1.54, 1.807) is 4.90 Å². The summed E-state index contributed by atoms with van der Waals surface area (Å²) < 4.78 is 0. The lowest BCUT2D eigenvalue weighted by Crippen LogP contribution is -2.50. The number of amides is 2. The molecule has 1 heterocycles. The summed E-state index contributed by atoms with van der Waals surface area (Å²) in [6.07, 6.45) is 1.12. The van der Waals surface area contributed by atoms with Gasteiger partial charge in [0, 0.05) is 19.5 Å². The Bertz CT molecular complexity index is 755. The number of hydrogen-bond donors (Lipinski definition) is 3. The first-order valence-corrected chi connectivity index (χ1v) is 9.63. The van der Waals surface area contributed by atoms with Gasteiger partial charge < -0.3 is 20.4 Å². The first kappa shape index (κ1) is 19.9. The third kappa shape index (κ3) is 4.17. The molecule has 1 aliphatic rings. The predicted octanol–water partition coefficient (Wildman–Crippen LogP) is 2.96. The molecule has 1 atom stereocenters. The highest BCUT2D eigenvalue weighted by Gasteiger charge is 2.46. The first-order valence-electron chi connectivity index (χ1n) is 9.63. The fourth-order valence-corrected chi connectivity index (χ4v) is 4.01. The van der Waals surface area contributed by atoms with Crippen molar-refractivity contribution in [1.29, 1.82) is 0 Å². The van der Waals surface area contributed by atoms with Crippen LogP contribution in [0.4, 0.5) is 4.79 Å². The van der Waals surface area contributed by atoms with Gasteiger partial charge in [0.15, 0.2) is 0 Å². The minimum atomic E-state index is -1.30. The van der Waals surface area contributed by atoms with Gasteiger partial charge in [-0.15, -0.1) is 0 Å². The van der Waals surface area contributed by atoms with Crippen molar-refractivity contribution in [3.05, 3.63) is 71.8 Å². The number of hydrogen-bond acceptors (Lipinski definition) is 3. The average Bonchev–Trinajstić information content (AvgIpc) is 3.22. The number of carbonyl (C=O) groups excluding carboxylic acids is 1. The normalized spacial score (nSPS) is 16.8. The van der Waals surface area contributed by atoms with Gasteiger partial charge in [0.25, 0.3) is 0 Å². The van der Waals surface area contributed by atoms with E-state index in [2.05, 4.69) is 5.32 Å². The molecular formula is C22H26N2O4. The van der Waals surface area contributed by atoms with E-state index in [0.29, 0.717) is 19.4 Å². The van der Waals surface area contributed by atoms with E-state index in [9.17, 15) is 14.7 Å². The summed E-state index contributed by atoms with van der Waals surface area (Å²) in [4.78, 5) is 25.2. The summed E-state index contributed by atoms with van der Waals surface area (Å²) in [5, 5.41) is 22.9. The van der Waals surface area contributed by atoms with Crippen LogP contribution in [0, 0.1) is 0 Å². The van der Waals surface area contributed by atoms with Gasteiger partial charge in [-0.2, -0.15) is 0 Å². The SMILES string of the molecule is O=C(O)NCCCC(=O)N1CCC[C@H]1C(O)(c1ccccc1)c1ccccc1. The van der Waals surface area contributed by atoms with Crippen LogP contribution in [-0.2, 0) is 10.4 Å². The zero-order chi connectivity index (χ0) is 20.0. The van der Waals surface area contributed by atoms with Crippen LogP contribution in [0.15, 0.2) is 60.7 Å². The van der Waals surface area contributed by atoms with Crippen LogP contribution in [0.2, 0.25) is 0 Å². The number of carbonyl (C=O) groups is 2. The topological polar surface area (TPSA) is 89.9 Å². The van der Waals surface area contributed by atoms with Crippen molar-refractivity contribution in [2.24, 2.45) is 0 Å². The average molecular weight is 382 g/mol. The van der Waals surface area contributed by atoms with Crippen LogP contribution in [0.1, 0.15) is 36.8 Å². The zero-order valence-corrected chi connectivity index (χ0v) is 15.8. The molecule has 0 aromatic heterocycles. The second kappa shape index (κ2) is 8.89. The zero-order valence-electron chi connectivity index (χ0n) is 15.8. The van der Waals surface area contributed by atoms with Gasteiger partial charge in [0.2, 0.25) is 5.91 Å². The Balaban J connectivity index is 1.85. The van der Waals surface area contributed by atoms with E-state index in [4.69, 9.17) is 5.11 Å². The summed E-state index contributed by atoms with van der Waals surface area (Å²) >= 11 is 0. The van der Waals surface area contributed by atoms with Crippen molar-refractivity contribution < 1.29 is 19.8 Å². The predicted molar refractivity (Wildman–Crippen MR) is 106 cm³/mol. The summed E-state index contributed by atoms with van der Waals surface area (Å²) in [6, 6.07) is 18.6. The molecule has 0 aliphatic carbocycles. The minimum Gasteiger partial charge on any atom is -0.465 e. The fraction of sp³-hybridized carbons (Fsp3) is 0.364. The lowest BCUT2D eigenvalue weighted by atomic mass is 9.79. The standard InChI is InChI=1S/C22H26N2O4/c25-20(14-7-15-23-21(26)27)24-16-8-13-19(24)22(28,17-9-3-1-4-10-17)18-11-5-2-6-12-18/h1-6,9-12,19,23,28H,7-8,13-16H2,(H,26,27)/t19-/m0/s1. The Morgan fingerprint density at radius 1 is 1.04 bits per heavy atom. The third-order valence-electron chi connectivity index (χ3n) is 5.33. The molecule has 0 radical (unpaired) electrons. The van der Waals surface area contributed by atoms with Gasteiger partial charge in [0.1, 0.15) is 5.60 Å². The Morgan fingerprint density at radius 3 is 2.14 bits per heavy atom. The van der Waals surface area contributed by atoms with Gasteiger partial charge in [-0.05, 0) is 30.4 Å². The van der Waals surface area contributed by atoms with Gasteiger partial charge in [-0.3, -0.25) is 4.79 Å². The highest BCUT2D eigenvalue weighted by Crippen LogP contribution is 2.40. The largest absolute Gasteiger partial charge is 0.465 e. The molecule has 2 amide bonds. The van der Waals surface area contributed by atoms with Gasteiger partial charge in [0.05, 0.1) is 6.04 Å². The molecule has 3 N–H and O–H groups in total. The quantitative estimate of drug-likeness (QED) is 0.642. The molecule has 28 heavy (non-hydrogen) atoms. The molecule has 0 unspecified atom stereocenters. The molecule has 0 spiro atoms. The van der Waals surface area contributed by atoms with E-state index >= 15 is 0 Å². The van der Waals surface area contributed by atoms with Crippen molar-refractivity contribution >= 4 is 12.0 Å². The highest BCUT2D eigenvalue weighted by atomic mass is 16.4. The lowest BCUT2D eigenvalue weighted by Gasteiger charge is -2.40. The molecule has 2 aromatic carbocycles. The number of carboxylic acid groups (broad SMARTS) is 1. The van der Waals surface area contributed by atoms with Crippen molar-refractivity contribution in [2.75, 3.05) is 13.1 Å². The third-order valence-corrected chi connectivity index (χ3v) is 5.33. The second-order valence-electron chi connectivity index (χ2n) is 7.08. The van der Waals surface area contributed by atoms with E-state index < -0.39 is 11.7 Å². The maximum absolute atomic E-state index is 12.8. The molecule has 1 aliphatic heterocycles. The van der Waals surface area contributed by atoms with Gasteiger partial charge >= 0.3 is 6.09 Å². The van der Waals surface area contributed by atoms with E-state index in [1.165, 1.54) is 0 Å². The van der Waals surface area contributed by atoms with E-state index in [0.717, 1.165) is 17.5 Å². The Hall–Kier alpha value is -2.86. The van der Waals surface area contributed by atoms with Crippen molar-refractivity contribution in [2.45, 2.75) is 37.3 Å². The smallest absolute Gasteiger partial charge is 0.404 e. The molecule has 1 fully saturated rings. The number of benzene rings is 2. The van der Waals surface area contributed by atoms with Crippen LogP contribution >= 0.6 is 0 Å². The Morgan fingerprint density at radius 2 is 1.61 bits per heavy atom. The number of likely N-dealkylation sites (tertiary alicyclic amines) is 1. The van der Waals surface area contributed by atoms with Crippen LogP contribution in [0.5, 0.6) is 0 Å². The highest BCUT2D eigenvalue weighted by molar-refractivity contribution is 5.77. The maximum Gasteiger partial charge on any atom is 0.404 e. The molecule has 1 saturated heterocycles. The Labute approximate surface area is 164 Å². The van der Waals surface area contributed by atoms with Crippen LogP contribution in [0.25, 0.3) is 0 Å². The molecule has 148 valence electrons. The molecule has 0 saturated carbocycles. The molecule has 6 heteroatoms. The lowest BCUT2D eigenvalue weighted by molar-refractivity contribution is -0.136. The number of aliphatic hydroxyl groups is 1. The Kier molecular flexibility index (Phi) is 6.31. The minimum absolute atomic E-state index is 0.0556. The van der Waals surface area contributed by atoms with Crippen LogP contribution in [0.3, 0.4) is 0 Å². The monoisotopic (exact) mass is 382 g/mol. The van der Waals surface area contributed by atoms with E-state index in [1.807, 2.05) is 60.7 Å². The molecule has 3 rings (SSSR count). The van der Waals surface area contributed by atoms with Gasteiger partial charge in [-0.1, -0.05) is 60.7 Å². The summed E-state index contributed by atoms with van der Waals surface area (Å²) in [5.74, 6) is -0.0556. The second-order valence-corrected chi connectivity index (χ2v) is 7.08. The molecule has 0 bridgehead atoms. The maximum atomic E-state index is 12.8. The van der Waals surface area contributed by atoms with E-state index in [-0.39, 0.29) is 24.9 Å². The van der Waals surface area contributed by atoms with Gasteiger partial charge in [-0.25, -0.2) is 4.79 Å². The number of nitrogens with zero attached hydrogens (tertiary/aromatic N) is 1.